The monoisotopic (exact) mass is 627 g/mol. The largest absolute Gasteiger partial charge is 0.449 e. The van der Waals surface area contributed by atoms with Crippen molar-refractivity contribution in [2.75, 3.05) is 0 Å². The molecular formula is C44H31B2NO2. The second-order valence-corrected chi connectivity index (χ2v) is 13.4. The fourth-order valence-electron chi connectivity index (χ4n) is 9.38. The lowest BCUT2D eigenvalue weighted by Gasteiger charge is -2.48. The van der Waals surface area contributed by atoms with E-state index in [9.17, 15) is 10.0 Å². The van der Waals surface area contributed by atoms with Crippen LogP contribution in [0.25, 0.3) is 27.5 Å². The molecule has 1 aromatic heterocycles. The van der Waals surface area contributed by atoms with E-state index in [0.29, 0.717) is 0 Å². The van der Waals surface area contributed by atoms with Gasteiger partial charge < -0.3 is 14.6 Å². The van der Waals surface area contributed by atoms with Crippen LogP contribution in [0.5, 0.6) is 0 Å². The molecule has 0 atom stereocenters. The van der Waals surface area contributed by atoms with Gasteiger partial charge in [-0.05, 0) is 44.5 Å². The lowest BCUT2D eigenvalue weighted by Crippen LogP contribution is -2.42. The normalized spacial score (nSPS) is 14.7. The number of benzene rings is 7. The number of para-hydroxylation sites is 1. The van der Waals surface area contributed by atoms with Gasteiger partial charge in [0, 0.05) is 10.8 Å². The molecule has 3 heterocycles. The van der Waals surface area contributed by atoms with E-state index in [1.54, 1.807) is 0 Å². The summed E-state index contributed by atoms with van der Waals surface area (Å²) < 4.78 is 2.51. The van der Waals surface area contributed by atoms with Crippen LogP contribution >= 0.6 is 0 Å². The summed E-state index contributed by atoms with van der Waals surface area (Å²) in [6.07, 6.45) is 0. The topological polar surface area (TPSA) is 45.4 Å². The third kappa shape index (κ3) is 3.51. The number of hydrogen-bond acceptors (Lipinski definition) is 2. The molecule has 0 amide bonds. The standard InChI is InChI=1S/C44H31B2NO2/c48-45-32-24-34-35-25-33(46-49)27-39-41(35)47-40(34)38(26-32)43(28-14-5-1-6-15-28,29-16-7-2-8-17-29)36-22-13-23-37(42(36)47)44(39,30-18-9-3-10-19-30)31-20-11-4-12-21-31/h1-27,45-46,48-49H. The molecule has 0 saturated heterocycles. The van der Waals surface area contributed by atoms with Gasteiger partial charge in [0.1, 0.15) is 0 Å². The molecule has 0 bridgehead atoms. The van der Waals surface area contributed by atoms with Crippen molar-refractivity contribution >= 4 is 47.7 Å². The van der Waals surface area contributed by atoms with Gasteiger partial charge >= 0.3 is 15.0 Å². The van der Waals surface area contributed by atoms with Crippen LogP contribution in [-0.4, -0.2) is 29.6 Å². The van der Waals surface area contributed by atoms with Crippen LogP contribution in [-0.2, 0) is 10.8 Å². The van der Waals surface area contributed by atoms with Crippen molar-refractivity contribution in [2.45, 2.75) is 10.8 Å². The van der Waals surface area contributed by atoms with Gasteiger partial charge in [0.25, 0.3) is 0 Å². The number of nitrogens with zero attached hydrogens (tertiary/aromatic N) is 1. The summed E-state index contributed by atoms with van der Waals surface area (Å²) in [5, 5.41) is 23.8. The molecule has 0 radical (unpaired) electrons. The van der Waals surface area contributed by atoms with Crippen LogP contribution in [0.3, 0.4) is 0 Å². The lowest BCUT2D eigenvalue weighted by atomic mass is 9.58. The second-order valence-electron chi connectivity index (χ2n) is 13.4. The first-order valence-electron chi connectivity index (χ1n) is 17.0. The van der Waals surface area contributed by atoms with E-state index in [2.05, 4.69) is 168 Å². The van der Waals surface area contributed by atoms with Crippen molar-refractivity contribution < 1.29 is 10.0 Å². The number of rotatable bonds is 6. The Morgan fingerprint density at radius 1 is 0.388 bits per heavy atom. The summed E-state index contributed by atoms with van der Waals surface area (Å²) in [5.41, 5.74) is 13.3. The molecule has 2 aliphatic rings. The summed E-state index contributed by atoms with van der Waals surface area (Å²) in [5.74, 6) is 0. The molecule has 49 heavy (non-hydrogen) atoms. The molecule has 0 fully saturated rings. The third-order valence-electron chi connectivity index (χ3n) is 11.1. The van der Waals surface area contributed by atoms with Crippen molar-refractivity contribution in [3.8, 4) is 5.69 Å². The Morgan fingerprint density at radius 3 is 1.06 bits per heavy atom. The average molecular weight is 627 g/mol. The summed E-state index contributed by atoms with van der Waals surface area (Å²) in [6.45, 7) is 0. The van der Waals surface area contributed by atoms with Crippen molar-refractivity contribution in [3.63, 3.8) is 0 Å². The molecule has 0 unspecified atom stereocenters. The first-order chi connectivity index (χ1) is 24.2. The molecule has 2 aliphatic heterocycles. The summed E-state index contributed by atoms with van der Waals surface area (Å²) >= 11 is 0. The van der Waals surface area contributed by atoms with Gasteiger partial charge in [-0.15, -0.1) is 0 Å². The molecule has 230 valence electrons. The summed E-state index contributed by atoms with van der Waals surface area (Å²) in [6, 6.07) is 59.1. The van der Waals surface area contributed by atoms with Gasteiger partial charge in [-0.3, -0.25) is 0 Å². The Labute approximate surface area is 286 Å². The third-order valence-corrected chi connectivity index (χ3v) is 11.1. The molecule has 10 rings (SSSR count). The first-order valence-corrected chi connectivity index (χ1v) is 17.0. The number of hydrogen-bond donors (Lipinski definition) is 2. The van der Waals surface area contributed by atoms with Gasteiger partial charge in [0.2, 0.25) is 0 Å². The fraction of sp³-hybridized carbons (Fsp3) is 0.0455. The molecular weight excluding hydrogens is 596 g/mol. The van der Waals surface area contributed by atoms with Crippen LogP contribution < -0.4 is 10.9 Å². The van der Waals surface area contributed by atoms with Crippen molar-refractivity contribution in [2.24, 2.45) is 0 Å². The Kier molecular flexibility index (Phi) is 6.05. The molecule has 3 nitrogen and oxygen atoms in total. The minimum Gasteiger partial charge on any atom is -0.449 e. The number of fused-ring (bicyclic) bond motifs is 1. The minimum absolute atomic E-state index is 0.0767. The zero-order chi connectivity index (χ0) is 32.7. The second kappa shape index (κ2) is 10.4. The highest BCUT2D eigenvalue weighted by atomic mass is 16.2. The zero-order valence-corrected chi connectivity index (χ0v) is 26.8. The zero-order valence-electron chi connectivity index (χ0n) is 26.8. The Bertz CT molecular complexity index is 2310. The average Bonchev–Trinajstić information content (AvgIpc) is 3.51. The SMILES string of the molecule is OBc1cc2c3c(c1)c1cc(BO)cc4c1n3-c1c(cccc1C4(c1ccccc1)c1ccccc1)C2(c1ccccc1)c1ccccc1. The van der Waals surface area contributed by atoms with Crippen molar-refractivity contribution in [1.29, 1.82) is 0 Å². The van der Waals surface area contributed by atoms with E-state index in [1.165, 1.54) is 39.1 Å². The van der Waals surface area contributed by atoms with Gasteiger partial charge in [0.05, 0.1) is 27.6 Å². The number of aromatic nitrogens is 1. The van der Waals surface area contributed by atoms with Gasteiger partial charge in [-0.1, -0.05) is 175 Å². The lowest BCUT2D eigenvalue weighted by molar-refractivity contribution is 0.614. The van der Waals surface area contributed by atoms with Crippen LogP contribution in [0.1, 0.15) is 44.5 Å². The van der Waals surface area contributed by atoms with E-state index in [0.717, 1.165) is 43.9 Å². The molecule has 0 saturated carbocycles. The van der Waals surface area contributed by atoms with E-state index in [1.807, 2.05) is 0 Å². The first kappa shape index (κ1) is 28.4. The highest BCUT2D eigenvalue weighted by Crippen LogP contribution is 2.61. The molecule has 2 N–H and O–H groups in total. The van der Waals surface area contributed by atoms with Crippen molar-refractivity contribution in [1.82, 2.24) is 4.57 Å². The maximum atomic E-state index is 10.8. The molecule has 5 heteroatoms. The maximum Gasteiger partial charge on any atom is 0.304 e. The summed E-state index contributed by atoms with van der Waals surface area (Å²) in [4.78, 5) is 0. The van der Waals surface area contributed by atoms with E-state index in [-0.39, 0.29) is 15.0 Å². The minimum atomic E-state index is -0.682. The fourth-order valence-corrected chi connectivity index (χ4v) is 9.38. The summed E-state index contributed by atoms with van der Waals surface area (Å²) in [7, 11) is -0.153. The molecule has 8 aromatic rings. The van der Waals surface area contributed by atoms with Crippen molar-refractivity contribution in [3.05, 3.63) is 208 Å². The van der Waals surface area contributed by atoms with Crippen LogP contribution in [0.4, 0.5) is 0 Å². The highest BCUT2D eigenvalue weighted by Gasteiger charge is 2.52. The Morgan fingerprint density at radius 2 is 0.735 bits per heavy atom. The molecule has 7 aromatic carbocycles. The van der Waals surface area contributed by atoms with Gasteiger partial charge in [-0.2, -0.15) is 0 Å². The predicted molar refractivity (Wildman–Crippen MR) is 203 cm³/mol. The smallest absolute Gasteiger partial charge is 0.304 e. The predicted octanol–water partition coefficient (Wildman–Crippen LogP) is 6.11. The molecule has 0 spiro atoms. The van der Waals surface area contributed by atoms with Crippen LogP contribution in [0, 0.1) is 0 Å². The maximum absolute atomic E-state index is 10.8. The van der Waals surface area contributed by atoms with Crippen LogP contribution in [0.2, 0.25) is 0 Å². The Balaban J connectivity index is 1.55. The van der Waals surface area contributed by atoms with Gasteiger partial charge in [-0.25, -0.2) is 0 Å². The van der Waals surface area contributed by atoms with E-state index >= 15 is 0 Å². The highest BCUT2D eigenvalue weighted by molar-refractivity contribution is 6.47. The van der Waals surface area contributed by atoms with Gasteiger partial charge in [0.15, 0.2) is 0 Å². The van der Waals surface area contributed by atoms with E-state index in [4.69, 9.17) is 0 Å². The quantitative estimate of drug-likeness (QED) is 0.219. The van der Waals surface area contributed by atoms with E-state index < -0.39 is 10.8 Å². The Hall–Kier alpha value is -5.61. The molecule has 0 aliphatic carbocycles. The van der Waals surface area contributed by atoms with Crippen LogP contribution in [0.15, 0.2) is 164 Å².